The maximum Gasteiger partial charge on any atom is 0.120 e. The van der Waals surface area contributed by atoms with Crippen LogP contribution in [0.3, 0.4) is 0 Å². The Balaban J connectivity index is 2.28. The van der Waals surface area contributed by atoms with Crippen molar-refractivity contribution in [1.82, 2.24) is 4.57 Å². The molecule has 0 saturated heterocycles. The lowest BCUT2D eigenvalue weighted by Gasteiger charge is -2.06. The minimum absolute atomic E-state index is 0.706. The predicted octanol–water partition coefficient (Wildman–Crippen LogP) is 4.45. The first-order valence-electron chi connectivity index (χ1n) is 6.90. The molecule has 0 radical (unpaired) electrons. The van der Waals surface area contributed by atoms with E-state index in [-0.39, 0.29) is 0 Å². The topological polar surface area (TPSA) is 37.9 Å². The summed E-state index contributed by atoms with van der Waals surface area (Å²) in [6, 6.07) is 16.5. The van der Waals surface area contributed by atoms with E-state index < -0.39 is 0 Å². The van der Waals surface area contributed by atoms with E-state index >= 15 is 0 Å². The van der Waals surface area contributed by atoms with Crippen LogP contribution in [0.25, 0.3) is 22.2 Å². The van der Waals surface area contributed by atoms with Crippen molar-refractivity contribution < 1.29 is 4.74 Å². The summed E-state index contributed by atoms with van der Waals surface area (Å²) in [4.78, 5) is 1.21. The summed E-state index contributed by atoms with van der Waals surface area (Å²) < 4.78 is 7.36. The van der Waals surface area contributed by atoms with Crippen LogP contribution in [0.4, 0.5) is 0 Å². The van der Waals surface area contributed by atoms with E-state index in [0.717, 1.165) is 27.9 Å². The zero-order chi connectivity index (χ0) is 15.7. The zero-order valence-electron chi connectivity index (χ0n) is 12.8. The Morgan fingerprint density at radius 3 is 2.45 bits per heavy atom. The number of thioether (sulfide) groups is 1. The van der Waals surface area contributed by atoms with Crippen molar-refractivity contribution in [1.29, 1.82) is 5.26 Å². The second kappa shape index (κ2) is 5.78. The molecule has 3 rings (SSSR count). The van der Waals surface area contributed by atoms with Crippen LogP contribution < -0.4 is 4.74 Å². The van der Waals surface area contributed by atoms with Gasteiger partial charge in [0.25, 0.3) is 0 Å². The van der Waals surface area contributed by atoms with Gasteiger partial charge < -0.3 is 9.30 Å². The third kappa shape index (κ3) is 2.24. The third-order valence-corrected chi connectivity index (χ3v) is 4.63. The van der Waals surface area contributed by atoms with E-state index in [1.165, 1.54) is 4.90 Å². The maximum atomic E-state index is 9.62. The first kappa shape index (κ1) is 14.6. The van der Waals surface area contributed by atoms with Crippen LogP contribution in [0.1, 0.15) is 5.56 Å². The molecule has 0 spiro atoms. The van der Waals surface area contributed by atoms with Gasteiger partial charge in [-0.25, -0.2) is 0 Å². The van der Waals surface area contributed by atoms with Crippen molar-refractivity contribution in [2.75, 3.05) is 13.4 Å². The van der Waals surface area contributed by atoms with Gasteiger partial charge in [-0.05, 0) is 36.1 Å². The van der Waals surface area contributed by atoms with Crippen LogP contribution in [0.2, 0.25) is 0 Å². The van der Waals surface area contributed by atoms with Gasteiger partial charge in [-0.1, -0.05) is 12.1 Å². The molecule has 1 heterocycles. The number of benzene rings is 2. The van der Waals surface area contributed by atoms with Gasteiger partial charge in [0.2, 0.25) is 0 Å². The van der Waals surface area contributed by atoms with Crippen molar-refractivity contribution in [3.05, 3.63) is 48.0 Å². The lowest BCUT2D eigenvalue weighted by atomic mass is 10.1. The summed E-state index contributed by atoms with van der Waals surface area (Å²) in [5.41, 5.74) is 3.70. The van der Waals surface area contributed by atoms with E-state index in [1.54, 1.807) is 18.9 Å². The van der Waals surface area contributed by atoms with E-state index in [4.69, 9.17) is 4.74 Å². The molecule has 0 fully saturated rings. The number of aryl methyl sites for hydroxylation is 1. The van der Waals surface area contributed by atoms with E-state index in [0.29, 0.717) is 5.56 Å². The Bertz CT molecular complexity index is 873. The number of fused-ring (bicyclic) bond motifs is 1. The van der Waals surface area contributed by atoms with E-state index in [2.05, 4.69) is 41.2 Å². The van der Waals surface area contributed by atoms with E-state index in [1.807, 2.05) is 25.2 Å². The smallest absolute Gasteiger partial charge is 0.120 e. The lowest BCUT2D eigenvalue weighted by molar-refractivity contribution is 0.415. The third-order valence-electron chi connectivity index (χ3n) is 3.88. The van der Waals surface area contributed by atoms with E-state index in [9.17, 15) is 5.26 Å². The number of nitrogens with zero attached hydrogens (tertiary/aromatic N) is 2. The Hall–Kier alpha value is -2.38. The van der Waals surface area contributed by atoms with Crippen molar-refractivity contribution in [3.8, 4) is 23.1 Å². The molecule has 2 aromatic carbocycles. The number of methoxy groups -OCH3 is 1. The molecular weight excluding hydrogens is 292 g/mol. The largest absolute Gasteiger partial charge is 0.497 e. The minimum Gasteiger partial charge on any atom is -0.497 e. The molecule has 0 saturated carbocycles. The fourth-order valence-electron chi connectivity index (χ4n) is 2.74. The monoisotopic (exact) mass is 308 g/mol. The van der Waals surface area contributed by atoms with Crippen LogP contribution in [-0.2, 0) is 7.05 Å². The number of hydrogen-bond donors (Lipinski definition) is 0. The fourth-order valence-corrected chi connectivity index (χ4v) is 3.15. The molecule has 0 atom stereocenters. The van der Waals surface area contributed by atoms with Crippen LogP contribution in [0, 0.1) is 11.3 Å². The molecule has 0 aliphatic carbocycles. The number of hydrogen-bond acceptors (Lipinski definition) is 3. The highest BCUT2D eigenvalue weighted by Crippen LogP contribution is 2.34. The molecule has 3 nitrogen and oxygen atoms in total. The maximum absolute atomic E-state index is 9.62. The van der Waals surface area contributed by atoms with Gasteiger partial charge in [0, 0.05) is 23.4 Å². The van der Waals surface area contributed by atoms with Gasteiger partial charge in [-0.15, -0.1) is 11.8 Å². The Kier molecular flexibility index (Phi) is 3.82. The standard InChI is InChI=1S/C18H16N2OS/c1-20-17-10-13(21-2)6-9-15(17)16(11-19)18(20)12-4-7-14(22-3)8-5-12/h4-10H,1-3H3. The number of ether oxygens (including phenoxy) is 1. The molecule has 22 heavy (non-hydrogen) atoms. The molecule has 0 aliphatic rings. The normalized spacial score (nSPS) is 10.6. The average Bonchev–Trinajstić information content (AvgIpc) is 2.86. The van der Waals surface area contributed by atoms with Gasteiger partial charge >= 0.3 is 0 Å². The quantitative estimate of drug-likeness (QED) is 0.671. The highest BCUT2D eigenvalue weighted by molar-refractivity contribution is 7.98. The summed E-state index contributed by atoms with van der Waals surface area (Å²) in [5, 5.41) is 10.6. The van der Waals surface area contributed by atoms with Crippen molar-refractivity contribution >= 4 is 22.7 Å². The second-order valence-electron chi connectivity index (χ2n) is 5.01. The summed E-state index contributed by atoms with van der Waals surface area (Å²) in [6.45, 7) is 0. The number of aromatic nitrogens is 1. The molecule has 4 heteroatoms. The molecule has 3 aromatic rings. The lowest BCUT2D eigenvalue weighted by Crippen LogP contribution is -1.93. The summed E-state index contributed by atoms with van der Waals surface area (Å²) in [6.07, 6.45) is 2.05. The van der Waals surface area contributed by atoms with Gasteiger partial charge in [0.1, 0.15) is 11.8 Å². The van der Waals surface area contributed by atoms with Crippen molar-refractivity contribution in [3.63, 3.8) is 0 Å². The Labute approximate surface area is 134 Å². The molecule has 0 aliphatic heterocycles. The average molecular weight is 308 g/mol. The first-order valence-corrected chi connectivity index (χ1v) is 8.13. The molecule has 0 N–H and O–H groups in total. The van der Waals surface area contributed by atoms with Crippen molar-refractivity contribution in [2.45, 2.75) is 4.90 Å². The predicted molar refractivity (Wildman–Crippen MR) is 91.4 cm³/mol. The van der Waals surface area contributed by atoms with Gasteiger partial charge in [-0.2, -0.15) is 5.26 Å². The molecule has 110 valence electrons. The summed E-state index contributed by atoms with van der Waals surface area (Å²) >= 11 is 1.71. The minimum atomic E-state index is 0.706. The van der Waals surface area contributed by atoms with Gasteiger partial charge in [0.15, 0.2) is 0 Å². The Morgan fingerprint density at radius 1 is 1.14 bits per heavy atom. The molecule has 1 aromatic heterocycles. The highest BCUT2D eigenvalue weighted by atomic mass is 32.2. The zero-order valence-corrected chi connectivity index (χ0v) is 13.6. The Morgan fingerprint density at radius 2 is 1.86 bits per heavy atom. The summed E-state index contributed by atoms with van der Waals surface area (Å²) in [5.74, 6) is 0.793. The van der Waals surface area contributed by atoms with Crippen LogP contribution in [0.5, 0.6) is 5.75 Å². The SMILES string of the molecule is COc1ccc2c(C#N)c(-c3ccc(SC)cc3)n(C)c2c1. The molecule has 0 bridgehead atoms. The highest BCUT2D eigenvalue weighted by Gasteiger charge is 2.17. The van der Waals surface area contributed by atoms with Crippen LogP contribution >= 0.6 is 11.8 Å². The molecule has 0 unspecified atom stereocenters. The van der Waals surface area contributed by atoms with Crippen molar-refractivity contribution in [2.24, 2.45) is 7.05 Å². The van der Waals surface area contributed by atoms with Gasteiger partial charge in [-0.3, -0.25) is 0 Å². The fraction of sp³-hybridized carbons (Fsp3) is 0.167. The number of rotatable bonds is 3. The second-order valence-corrected chi connectivity index (χ2v) is 5.89. The number of nitriles is 1. The first-order chi connectivity index (χ1) is 10.7. The van der Waals surface area contributed by atoms with Crippen LogP contribution in [-0.4, -0.2) is 17.9 Å². The van der Waals surface area contributed by atoms with Gasteiger partial charge in [0.05, 0.1) is 23.9 Å². The van der Waals surface area contributed by atoms with Crippen LogP contribution in [0.15, 0.2) is 47.4 Å². The molecule has 0 amide bonds. The summed E-state index contributed by atoms with van der Waals surface area (Å²) in [7, 11) is 3.64. The molecular formula is C18H16N2OS.